The summed E-state index contributed by atoms with van der Waals surface area (Å²) < 4.78 is 27.9. The lowest BCUT2D eigenvalue weighted by molar-refractivity contribution is -0.117. The molecule has 0 bridgehead atoms. The number of aryl methyl sites for hydroxylation is 1. The topological polar surface area (TPSA) is 75.3 Å². The van der Waals surface area contributed by atoms with Crippen LogP contribution in [0.5, 0.6) is 0 Å². The molecule has 0 spiro atoms. The Kier molecular flexibility index (Phi) is 6.34. The smallest absolute Gasteiger partial charge is 0.261 e. The van der Waals surface area contributed by atoms with E-state index in [0.717, 1.165) is 11.1 Å². The Labute approximate surface area is 171 Å². The molecule has 0 fully saturated rings. The first-order valence-corrected chi connectivity index (χ1v) is 10.9. The maximum Gasteiger partial charge on any atom is 0.261 e. The van der Waals surface area contributed by atoms with E-state index in [1.54, 1.807) is 36.4 Å². The average Bonchev–Trinajstić information content (AvgIpc) is 2.72. The van der Waals surface area contributed by atoms with E-state index in [1.807, 2.05) is 44.2 Å². The first kappa shape index (κ1) is 20.6. The quantitative estimate of drug-likeness (QED) is 0.582. The molecular weight excluding hydrogens is 384 g/mol. The second-order valence-corrected chi connectivity index (χ2v) is 8.49. The number of hydrogen-bond acceptors (Lipinski definition) is 3. The number of nitrogens with one attached hydrogen (secondary N) is 2. The molecule has 0 heterocycles. The molecule has 1 amide bonds. The van der Waals surface area contributed by atoms with Gasteiger partial charge in [0, 0.05) is 5.69 Å². The third kappa shape index (κ3) is 5.03. The van der Waals surface area contributed by atoms with Crippen LogP contribution in [-0.4, -0.2) is 14.3 Å². The average molecular weight is 409 g/mol. The number of carbonyl (C=O) groups excluding carboxylic acids is 1. The van der Waals surface area contributed by atoms with Gasteiger partial charge in [0.1, 0.15) is 0 Å². The zero-order chi connectivity index (χ0) is 20.9. The van der Waals surface area contributed by atoms with Crippen LogP contribution >= 0.6 is 0 Å². The fourth-order valence-corrected chi connectivity index (χ4v) is 4.24. The maximum atomic E-state index is 12.8. The van der Waals surface area contributed by atoms with Gasteiger partial charge in [0.15, 0.2) is 0 Å². The Balaban J connectivity index is 1.81. The summed E-state index contributed by atoms with van der Waals surface area (Å²) in [5.41, 5.74) is 2.68. The molecule has 3 aromatic rings. The molecule has 2 N–H and O–H groups in total. The number of hydrogen-bond donors (Lipinski definition) is 2. The lowest BCUT2D eigenvalue weighted by Crippen LogP contribution is -2.21. The Hall–Kier alpha value is -3.12. The largest absolute Gasteiger partial charge is 0.325 e. The van der Waals surface area contributed by atoms with Crippen LogP contribution in [0.4, 0.5) is 11.4 Å². The van der Waals surface area contributed by atoms with Gasteiger partial charge < -0.3 is 5.32 Å². The number of anilines is 2. The van der Waals surface area contributed by atoms with E-state index >= 15 is 0 Å². The second-order valence-electron chi connectivity index (χ2n) is 6.81. The van der Waals surface area contributed by atoms with Crippen LogP contribution < -0.4 is 10.0 Å². The van der Waals surface area contributed by atoms with Crippen LogP contribution in [0.3, 0.4) is 0 Å². The van der Waals surface area contributed by atoms with Gasteiger partial charge >= 0.3 is 0 Å². The fraction of sp³-hybridized carbons (Fsp3) is 0.174. The standard InChI is InChI=1S/C23H24N2O3S/c1-3-21(18-10-6-4-7-11-18)23(26)24-19-15-14-17(2)22(16-19)25-29(27,28)20-12-8-5-9-13-20/h4-16,21,25H,3H2,1-2H3,(H,24,26)/t21-/m1/s1. The van der Waals surface area contributed by atoms with E-state index in [4.69, 9.17) is 0 Å². The molecule has 3 aromatic carbocycles. The van der Waals surface area contributed by atoms with Gasteiger partial charge in [0.2, 0.25) is 5.91 Å². The number of benzene rings is 3. The molecule has 150 valence electrons. The molecule has 0 radical (unpaired) electrons. The third-order valence-corrected chi connectivity index (χ3v) is 6.11. The molecule has 0 saturated heterocycles. The molecule has 0 aliphatic heterocycles. The molecule has 0 aliphatic carbocycles. The van der Waals surface area contributed by atoms with Crippen molar-refractivity contribution in [2.75, 3.05) is 10.0 Å². The summed E-state index contributed by atoms with van der Waals surface area (Å²) in [7, 11) is -3.71. The zero-order valence-electron chi connectivity index (χ0n) is 16.4. The Morgan fingerprint density at radius 3 is 2.17 bits per heavy atom. The van der Waals surface area contributed by atoms with Gasteiger partial charge in [-0.25, -0.2) is 8.42 Å². The van der Waals surface area contributed by atoms with E-state index in [9.17, 15) is 13.2 Å². The molecule has 0 aliphatic rings. The first-order chi connectivity index (χ1) is 13.9. The van der Waals surface area contributed by atoms with Crippen molar-refractivity contribution >= 4 is 27.3 Å². The van der Waals surface area contributed by atoms with Gasteiger partial charge in [-0.1, -0.05) is 61.5 Å². The predicted octanol–water partition coefficient (Wildman–Crippen LogP) is 4.93. The molecular formula is C23H24N2O3S. The van der Waals surface area contributed by atoms with Crippen molar-refractivity contribution < 1.29 is 13.2 Å². The molecule has 1 atom stereocenters. The van der Waals surface area contributed by atoms with Gasteiger partial charge in [0.05, 0.1) is 16.5 Å². The molecule has 29 heavy (non-hydrogen) atoms. The van der Waals surface area contributed by atoms with Crippen molar-refractivity contribution in [1.29, 1.82) is 0 Å². The van der Waals surface area contributed by atoms with Crippen molar-refractivity contribution in [3.05, 3.63) is 90.0 Å². The molecule has 0 unspecified atom stereocenters. The van der Waals surface area contributed by atoms with Crippen LogP contribution in [0.15, 0.2) is 83.8 Å². The molecule has 5 nitrogen and oxygen atoms in total. The summed E-state index contributed by atoms with van der Waals surface area (Å²) in [5, 5.41) is 2.91. The van der Waals surface area contributed by atoms with Crippen LogP contribution in [0.2, 0.25) is 0 Å². The number of amides is 1. The van der Waals surface area contributed by atoms with Gasteiger partial charge in [-0.15, -0.1) is 0 Å². The fourth-order valence-electron chi connectivity index (χ4n) is 3.10. The minimum atomic E-state index is -3.71. The number of rotatable bonds is 7. The first-order valence-electron chi connectivity index (χ1n) is 9.45. The lowest BCUT2D eigenvalue weighted by Gasteiger charge is -2.17. The number of sulfonamides is 1. The highest BCUT2D eigenvalue weighted by Crippen LogP contribution is 2.26. The highest BCUT2D eigenvalue weighted by Gasteiger charge is 2.19. The van der Waals surface area contributed by atoms with E-state index in [1.165, 1.54) is 12.1 Å². The van der Waals surface area contributed by atoms with E-state index < -0.39 is 10.0 Å². The molecule has 6 heteroatoms. The van der Waals surface area contributed by atoms with Crippen LogP contribution in [0.1, 0.15) is 30.4 Å². The third-order valence-electron chi connectivity index (χ3n) is 4.73. The second kappa shape index (κ2) is 8.92. The van der Waals surface area contributed by atoms with Crippen LogP contribution in [0, 0.1) is 6.92 Å². The minimum Gasteiger partial charge on any atom is -0.325 e. The van der Waals surface area contributed by atoms with Gasteiger partial charge in [-0.3, -0.25) is 9.52 Å². The van der Waals surface area contributed by atoms with E-state index in [-0.39, 0.29) is 16.7 Å². The zero-order valence-corrected chi connectivity index (χ0v) is 17.2. The summed E-state index contributed by atoms with van der Waals surface area (Å²) in [6.45, 7) is 3.78. The molecule has 0 aromatic heterocycles. The van der Waals surface area contributed by atoms with Gasteiger partial charge in [0.25, 0.3) is 10.0 Å². The molecule has 3 rings (SSSR count). The van der Waals surface area contributed by atoms with Gasteiger partial charge in [-0.2, -0.15) is 0 Å². The molecule has 0 saturated carbocycles. The highest BCUT2D eigenvalue weighted by atomic mass is 32.2. The van der Waals surface area contributed by atoms with Crippen LogP contribution in [-0.2, 0) is 14.8 Å². The summed E-state index contributed by atoms with van der Waals surface area (Å²) in [4.78, 5) is 13.0. The van der Waals surface area contributed by atoms with E-state index in [0.29, 0.717) is 17.8 Å². The maximum absolute atomic E-state index is 12.8. The summed E-state index contributed by atoms with van der Waals surface area (Å²) in [6.07, 6.45) is 0.662. The minimum absolute atomic E-state index is 0.126. The normalized spacial score (nSPS) is 12.2. The summed E-state index contributed by atoms with van der Waals surface area (Å²) in [5.74, 6) is -0.401. The van der Waals surface area contributed by atoms with Crippen LogP contribution in [0.25, 0.3) is 0 Å². The highest BCUT2D eigenvalue weighted by molar-refractivity contribution is 7.92. The van der Waals surface area contributed by atoms with E-state index in [2.05, 4.69) is 10.0 Å². The van der Waals surface area contributed by atoms with Gasteiger partial charge in [-0.05, 0) is 48.7 Å². The van der Waals surface area contributed by atoms with Crippen molar-refractivity contribution in [3.8, 4) is 0 Å². The summed E-state index contributed by atoms with van der Waals surface area (Å²) in [6, 6.07) is 23.0. The van der Waals surface area contributed by atoms with Crippen molar-refractivity contribution in [2.24, 2.45) is 0 Å². The Morgan fingerprint density at radius 1 is 0.931 bits per heavy atom. The SMILES string of the molecule is CC[C@@H](C(=O)Nc1ccc(C)c(NS(=O)(=O)c2ccccc2)c1)c1ccccc1. The van der Waals surface area contributed by atoms with Crippen molar-refractivity contribution in [1.82, 2.24) is 0 Å². The monoisotopic (exact) mass is 408 g/mol. The lowest BCUT2D eigenvalue weighted by atomic mass is 9.95. The number of carbonyl (C=O) groups is 1. The predicted molar refractivity (Wildman–Crippen MR) is 117 cm³/mol. The van der Waals surface area contributed by atoms with Crippen molar-refractivity contribution in [3.63, 3.8) is 0 Å². The summed E-state index contributed by atoms with van der Waals surface area (Å²) >= 11 is 0. The Bertz CT molecular complexity index is 1080. The Morgan fingerprint density at radius 2 is 1.55 bits per heavy atom. The van der Waals surface area contributed by atoms with Crippen molar-refractivity contribution in [2.45, 2.75) is 31.1 Å².